The number of alkyl halides is 3. The van der Waals surface area contributed by atoms with Gasteiger partial charge in [0.25, 0.3) is 0 Å². The Morgan fingerprint density at radius 3 is 2.63 bits per heavy atom. The Hall–Kier alpha value is -4.33. The van der Waals surface area contributed by atoms with Gasteiger partial charge in [0.2, 0.25) is 5.95 Å². The lowest BCUT2D eigenvalue weighted by molar-refractivity contribution is -0.200. The quantitative estimate of drug-likeness (QED) is 0.366. The zero-order chi connectivity index (χ0) is 25.3. The van der Waals surface area contributed by atoms with Crippen LogP contribution in [-0.4, -0.2) is 34.0 Å². The largest absolute Gasteiger partial charge is 0.497 e. The van der Waals surface area contributed by atoms with Gasteiger partial charge in [0.05, 0.1) is 19.0 Å². The van der Waals surface area contributed by atoms with Crippen LogP contribution in [0.5, 0.6) is 5.75 Å². The van der Waals surface area contributed by atoms with Crippen LogP contribution in [0, 0.1) is 5.82 Å². The number of aromatic nitrogens is 3. The maximum Gasteiger partial charge on any atom is 0.493 e. The van der Waals surface area contributed by atoms with Crippen LogP contribution in [0.4, 0.5) is 40.7 Å². The molecule has 0 unspecified atom stereocenters. The molecule has 182 valence electrons. The van der Waals surface area contributed by atoms with E-state index in [2.05, 4.69) is 25.4 Å². The minimum Gasteiger partial charge on any atom is -0.497 e. The second-order valence-electron chi connectivity index (χ2n) is 6.71. The number of anilines is 4. The highest BCUT2D eigenvalue weighted by Gasteiger charge is 2.42. The Labute approximate surface area is 197 Å². The van der Waals surface area contributed by atoms with Crippen molar-refractivity contribution < 1.29 is 36.3 Å². The second kappa shape index (κ2) is 9.13. The molecular weight excluding hydrogens is 502 g/mol. The fourth-order valence-corrected chi connectivity index (χ4v) is 2.93. The SMILES string of the molecule is COc1ccc(Nc2ncc(Cl)c(Nc3ccc4oc(=O)n(OC(=O)C(F)(F)F)c4c3)n2)c(F)c1. The maximum atomic E-state index is 14.2. The smallest absolute Gasteiger partial charge is 0.493 e. The molecule has 0 saturated carbocycles. The topological polar surface area (TPSA) is 121 Å². The molecule has 0 amide bonds. The number of carbonyl (C=O) groups excluding carboxylic acids is 1. The lowest BCUT2D eigenvalue weighted by atomic mass is 10.3. The number of fused-ring (bicyclic) bond motifs is 1. The molecule has 0 atom stereocenters. The van der Waals surface area contributed by atoms with E-state index in [1.807, 2.05) is 0 Å². The predicted molar refractivity (Wildman–Crippen MR) is 115 cm³/mol. The second-order valence-corrected chi connectivity index (χ2v) is 7.11. The Morgan fingerprint density at radius 2 is 1.94 bits per heavy atom. The van der Waals surface area contributed by atoms with Gasteiger partial charge >= 0.3 is 17.9 Å². The summed E-state index contributed by atoms with van der Waals surface area (Å²) in [5.41, 5.74) is -0.199. The van der Waals surface area contributed by atoms with E-state index < -0.39 is 23.7 Å². The molecule has 0 aliphatic carbocycles. The molecule has 0 spiro atoms. The molecule has 2 heterocycles. The molecule has 0 saturated heterocycles. The summed E-state index contributed by atoms with van der Waals surface area (Å²) in [5, 5.41) is 5.51. The fourth-order valence-electron chi connectivity index (χ4n) is 2.79. The average Bonchev–Trinajstić information content (AvgIpc) is 3.11. The first-order valence-electron chi connectivity index (χ1n) is 9.40. The van der Waals surface area contributed by atoms with Crippen molar-refractivity contribution in [1.29, 1.82) is 0 Å². The summed E-state index contributed by atoms with van der Waals surface area (Å²) in [7, 11) is 1.39. The van der Waals surface area contributed by atoms with Gasteiger partial charge in [-0.3, -0.25) is 0 Å². The van der Waals surface area contributed by atoms with Crippen molar-refractivity contribution in [1.82, 2.24) is 14.7 Å². The van der Waals surface area contributed by atoms with E-state index in [-0.39, 0.29) is 44.0 Å². The Kier molecular flexibility index (Phi) is 6.22. The van der Waals surface area contributed by atoms with Gasteiger partial charge in [0, 0.05) is 11.8 Å². The van der Waals surface area contributed by atoms with E-state index in [1.165, 1.54) is 43.6 Å². The van der Waals surface area contributed by atoms with Crippen molar-refractivity contribution in [2.75, 3.05) is 17.7 Å². The van der Waals surface area contributed by atoms with Crippen molar-refractivity contribution in [2.45, 2.75) is 6.18 Å². The highest BCUT2D eigenvalue weighted by molar-refractivity contribution is 6.32. The van der Waals surface area contributed by atoms with E-state index in [9.17, 15) is 27.2 Å². The van der Waals surface area contributed by atoms with Gasteiger partial charge in [-0.05, 0) is 30.3 Å². The van der Waals surface area contributed by atoms with Gasteiger partial charge < -0.3 is 24.6 Å². The van der Waals surface area contributed by atoms with Crippen molar-refractivity contribution in [3.8, 4) is 5.75 Å². The summed E-state index contributed by atoms with van der Waals surface area (Å²) < 4.78 is 61.6. The molecule has 2 aromatic heterocycles. The zero-order valence-electron chi connectivity index (χ0n) is 17.3. The van der Waals surface area contributed by atoms with Gasteiger partial charge in [-0.1, -0.05) is 16.3 Å². The van der Waals surface area contributed by atoms with Crippen LogP contribution in [0.3, 0.4) is 0 Å². The summed E-state index contributed by atoms with van der Waals surface area (Å²) in [4.78, 5) is 35.2. The summed E-state index contributed by atoms with van der Waals surface area (Å²) in [6, 6.07) is 7.90. The van der Waals surface area contributed by atoms with Crippen molar-refractivity contribution in [3.63, 3.8) is 0 Å². The molecular formula is C20H12ClF4N5O5. The highest BCUT2D eigenvalue weighted by Crippen LogP contribution is 2.28. The fraction of sp³-hybridized carbons (Fsp3) is 0.100. The average molecular weight is 514 g/mol. The first kappa shape index (κ1) is 23.8. The predicted octanol–water partition coefficient (Wildman–Crippen LogP) is 4.19. The molecule has 15 heteroatoms. The Morgan fingerprint density at radius 1 is 1.17 bits per heavy atom. The Balaban J connectivity index is 1.62. The first-order chi connectivity index (χ1) is 16.5. The number of methoxy groups -OCH3 is 1. The maximum absolute atomic E-state index is 14.2. The number of rotatable bonds is 6. The third-order valence-corrected chi connectivity index (χ3v) is 4.65. The van der Waals surface area contributed by atoms with E-state index in [0.717, 1.165) is 6.07 Å². The van der Waals surface area contributed by atoms with E-state index >= 15 is 0 Å². The molecule has 4 aromatic rings. The molecule has 0 aliphatic rings. The normalized spacial score (nSPS) is 11.4. The van der Waals surface area contributed by atoms with Crippen molar-refractivity contribution in [3.05, 3.63) is 64.0 Å². The van der Waals surface area contributed by atoms with Crippen LogP contribution in [-0.2, 0) is 4.79 Å². The number of hydrogen-bond acceptors (Lipinski definition) is 9. The summed E-state index contributed by atoms with van der Waals surface area (Å²) in [6.45, 7) is 0. The third-order valence-electron chi connectivity index (χ3n) is 4.38. The van der Waals surface area contributed by atoms with Gasteiger partial charge in [-0.15, -0.1) is 0 Å². The molecule has 10 nitrogen and oxygen atoms in total. The molecule has 35 heavy (non-hydrogen) atoms. The number of benzene rings is 2. The molecule has 0 fully saturated rings. The number of oxazole rings is 1. The number of ether oxygens (including phenoxy) is 1. The number of carbonyl (C=O) groups is 1. The van der Waals surface area contributed by atoms with Crippen LogP contribution in [0.15, 0.2) is 51.8 Å². The lowest BCUT2D eigenvalue weighted by Crippen LogP contribution is -2.36. The summed E-state index contributed by atoms with van der Waals surface area (Å²) in [6.07, 6.45) is -4.11. The van der Waals surface area contributed by atoms with Crippen molar-refractivity contribution in [2.24, 2.45) is 0 Å². The van der Waals surface area contributed by atoms with Crippen LogP contribution >= 0.6 is 11.6 Å². The van der Waals surface area contributed by atoms with E-state index in [0.29, 0.717) is 5.75 Å². The summed E-state index contributed by atoms with van der Waals surface area (Å²) >= 11 is 6.12. The first-order valence-corrected chi connectivity index (χ1v) is 9.78. The van der Waals surface area contributed by atoms with Crippen molar-refractivity contribution >= 4 is 51.8 Å². The third kappa shape index (κ3) is 5.11. The molecule has 2 N–H and O–H groups in total. The molecule has 0 bridgehead atoms. The highest BCUT2D eigenvalue weighted by atomic mass is 35.5. The van der Waals surface area contributed by atoms with Crippen LogP contribution in [0.1, 0.15) is 0 Å². The van der Waals surface area contributed by atoms with E-state index in [4.69, 9.17) is 20.8 Å². The monoisotopic (exact) mass is 513 g/mol. The minimum atomic E-state index is -5.33. The standard InChI is InChI=1S/C20H12ClF4N5O5/c1-33-10-3-4-13(12(22)7-10)28-18-26-8-11(21)16(29-18)27-9-2-5-15-14(6-9)30(19(32)34-15)35-17(31)20(23,24)25/h2-8H,1H3,(H2,26,27,28,29). The number of nitrogens with zero attached hydrogens (tertiary/aromatic N) is 3. The van der Waals surface area contributed by atoms with Gasteiger partial charge in [-0.25, -0.2) is 19.0 Å². The van der Waals surface area contributed by atoms with Gasteiger partial charge in [0.1, 0.15) is 22.1 Å². The van der Waals surface area contributed by atoms with Gasteiger partial charge in [-0.2, -0.15) is 18.2 Å². The molecule has 0 aliphatic heterocycles. The van der Waals surface area contributed by atoms with Crippen LogP contribution < -0.4 is 26.0 Å². The Bertz CT molecular complexity index is 1490. The molecule has 4 rings (SSSR count). The lowest BCUT2D eigenvalue weighted by Gasteiger charge is -2.11. The number of nitrogens with one attached hydrogen (secondary N) is 2. The van der Waals surface area contributed by atoms with Gasteiger partial charge in [0.15, 0.2) is 11.4 Å². The molecule has 0 radical (unpaired) electrons. The van der Waals surface area contributed by atoms with E-state index in [1.54, 1.807) is 0 Å². The zero-order valence-corrected chi connectivity index (χ0v) is 18.1. The minimum absolute atomic E-state index is 0.0297. The number of halogens is 5. The number of hydrogen-bond donors (Lipinski definition) is 2. The summed E-state index contributed by atoms with van der Waals surface area (Å²) in [5.74, 6) is -4.29. The van der Waals surface area contributed by atoms with Crippen LogP contribution in [0.25, 0.3) is 11.1 Å². The van der Waals surface area contributed by atoms with Crippen LogP contribution in [0.2, 0.25) is 5.02 Å². The molecule has 2 aromatic carbocycles.